The first kappa shape index (κ1) is 25.0. The van der Waals surface area contributed by atoms with Crippen LogP contribution in [0.1, 0.15) is 57.2 Å². The molecule has 0 spiro atoms. The maximum absolute atomic E-state index is 12.3. The number of nitrogens with one attached hydrogen (secondary N) is 2. The van der Waals surface area contributed by atoms with Crippen LogP contribution in [0, 0.1) is 12.8 Å². The SMILES string of the molecule is Cc1ccc2c(OCCC(c3cccc(OC(=O)NC(C)(C)C)c3)C3CCNCC3)cccc2n1. The average Bonchev–Trinajstić information content (AvgIpc) is 2.81. The number of benzene rings is 2. The van der Waals surface area contributed by atoms with Crippen molar-refractivity contribution in [3.05, 3.63) is 65.9 Å². The molecule has 186 valence electrons. The van der Waals surface area contributed by atoms with E-state index < -0.39 is 6.09 Å². The van der Waals surface area contributed by atoms with Gasteiger partial charge in [-0.15, -0.1) is 0 Å². The largest absolute Gasteiger partial charge is 0.493 e. The Morgan fingerprint density at radius 3 is 2.66 bits per heavy atom. The molecule has 1 aliphatic heterocycles. The number of pyridine rings is 1. The van der Waals surface area contributed by atoms with Gasteiger partial charge in [-0.05, 0) is 114 Å². The number of carbonyl (C=O) groups excluding carboxylic acids is 1. The molecule has 1 atom stereocenters. The Labute approximate surface area is 208 Å². The number of ether oxygens (including phenoxy) is 2. The molecule has 0 bridgehead atoms. The van der Waals surface area contributed by atoms with E-state index in [0.29, 0.717) is 24.2 Å². The van der Waals surface area contributed by atoms with Gasteiger partial charge in [-0.25, -0.2) is 4.79 Å². The summed E-state index contributed by atoms with van der Waals surface area (Å²) in [6, 6.07) is 18.1. The molecule has 1 saturated heterocycles. The van der Waals surface area contributed by atoms with Crippen LogP contribution in [0.15, 0.2) is 54.6 Å². The van der Waals surface area contributed by atoms with Gasteiger partial charge in [0.1, 0.15) is 11.5 Å². The highest BCUT2D eigenvalue weighted by molar-refractivity contribution is 5.85. The molecule has 35 heavy (non-hydrogen) atoms. The van der Waals surface area contributed by atoms with Crippen molar-refractivity contribution in [2.75, 3.05) is 19.7 Å². The van der Waals surface area contributed by atoms with Crippen molar-refractivity contribution in [1.82, 2.24) is 15.6 Å². The van der Waals surface area contributed by atoms with Gasteiger partial charge in [0, 0.05) is 16.6 Å². The van der Waals surface area contributed by atoms with Crippen molar-refractivity contribution in [2.45, 2.75) is 58.4 Å². The number of carbonyl (C=O) groups is 1. The molecule has 1 aromatic heterocycles. The highest BCUT2D eigenvalue weighted by atomic mass is 16.6. The van der Waals surface area contributed by atoms with Crippen LogP contribution in [0.2, 0.25) is 0 Å². The third-order valence-electron chi connectivity index (χ3n) is 6.44. The van der Waals surface area contributed by atoms with Crippen LogP contribution in [-0.2, 0) is 0 Å². The molecule has 1 amide bonds. The van der Waals surface area contributed by atoms with Crippen molar-refractivity contribution in [1.29, 1.82) is 0 Å². The molecule has 6 nitrogen and oxygen atoms in total. The molecular formula is C29H37N3O3. The van der Waals surface area contributed by atoms with Crippen LogP contribution in [0.4, 0.5) is 4.79 Å². The van der Waals surface area contributed by atoms with Crippen molar-refractivity contribution < 1.29 is 14.3 Å². The fraction of sp³-hybridized carbons (Fsp3) is 0.448. The summed E-state index contributed by atoms with van der Waals surface area (Å²) >= 11 is 0. The number of fused-ring (bicyclic) bond motifs is 1. The summed E-state index contributed by atoms with van der Waals surface area (Å²) in [7, 11) is 0. The molecular weight excluding hydrogens is 438 g/mol. The summed E-state index contributed by atoms with van der Waals surface area (Å²) < 4.78 is 11.9. The Balaban J connectivity index is 1.49. The van der Waals surface area contributed by atoms with Crippen LogP contribution in [0.3, 0.4) is 0 Å². The summed E-state index contributed by atoms with van der Waals surface area (Å²) in [6.45, 7) is 10.5. The number of amides is 1. The zero-order valence-corrected chi connectivity index (χ0v) is 21.3. The van der Waals surface area contributed by atoms with Gasteiger partial charge in [0.25, 0.3) is 0 Å². The normalized spacial score (nSPS) is 15.5. The van der Waals surface area contributed by atoms with E-state index in [1.54, 1.807) is 0 Å². The van der Waals surface area contributed by atoms with Gasteiger partial charge in [-0.2, -0.15) is 0 Å². The summed E-state index contributed by atoms with van der Waals surface area (Å²) in [5.74, 6) is 2.31. The predicted molar refractivity (Wildman–Crippen MR) is 140 cm³/mol. The highest BCUT2D eigenvalue weighted by Crippen LogP contribution is 2.36. The second-order valence-corrected chi connectivity index (χ2v) is 10.4. The molecule has 2 N–H and O–H groups in total. The van der Waals surface area contributed by atoms with Gasteiger partial charge in [0.05, 0.1) is 12.1 Å². The monoisotopic (exact) mass is 475 g/mol. The smallest absolute Gasteiger partial charge is 0.413 e. The van der Waals surface area contributed by atoms with E-state index in [4.69, 9.17) is 9.47 Å². The molecule has 1 unspecified atom stereocenters. The zero-order chi connectivity index (χ0) is 24.8. The Morgan fingerprint density at radius 1 is 1.11 bits per heavy atom. The highest BCUT2D eigenvalue weighted by Gasteiger charge is 2.26. The molecule has 2 heterocycles. The van der Waals surface area contributed by atoms with Gasteiger partial charge in [-0.1, -0.05) is 18.2 Å². The van der Waals surface area contributed by atoms with Crippen LogP contribution >= 0.6 is 0 Å². The fourth-order valence-corrected chi connectivity index (χ4v) is 4.82. The molecule has 0 radical (unpaired) electrons. The number of rotatable bonds is 7. The molecule has 4 rings (SSSR count). The van der Waals surface area contributed by atoms with Gasteiger partial charge >= 0.3 is 6.09 Å². The molecule has 1 fully saturated rings. The Morgan fingerprint density at radius 2 is 1.89 bits per heavy atom. The number of piperidine rings is 1. The number of hydrogen-bond acceptors (Lipinski definition) is 5. The van der Waals surface area contributed by atoms with Crippen molar-refractivity contribution in [3.8, 4) is 11.5 Å². The summed E-state index contributed by atoms with van der Waals surface area (Å²) in [5.41, 5.74) is 2.80. The van der Waals surface area contributed by atoms with E-state index in [1.165, 1.54) is 5.56 Å². The van der Waals surface area contributed by atoms with Crippen molar-refractivity contribution in [2.24, 2.45) is 5.92 Å². The van der Waals surface area contributed by atoms with Gasteiger partial charge in [0.2, 0.25) is 0 Å². The Hall–Kier alpha value is -3.12. The lowest BCUT2D eigenvalue weighted by Gasteiger charge is -2.31. The predicted octanol–water partition coefficient (Wildman–Crippen LogP) is 5.98. The van der Waals surface area contributed by atoms with Crippen LogP contribution in [-0.4, -0.2) is 36.3 Å². The average molecular weight is 476 g/mol. The first-order valence-electron chi connectivity index (χ1n) is 12.6. The molecule has 2 aromatic carbocycles. The van der Waals surface area contributed by atoms with Crippen LogP contribution in [0.25, 0.3) is 10.9 Å². The third kappa shape index (κ3) is 6.95. The molecule has 0 saturated carbocycles. The molecule has 1 aliphatic rings. The van der Waals surface area contributed by atoms with E-state index in [1.807, 2.05) is 70.2 Å². The minimum absolute atomic E-state index is 0.321. The standard InChI is InChI=1S/C29H37N3O3/c1-20-11-12-25-26(31-20)9-6-10-27(25)34-18-15-24(21-13-16-30-17-14-21)22-7-5-8-23(19-22)35-28(33)32-29(2,3)4/h5-12,19,21,24,30H,13-18H2,1-4H3,(H,32,33). The topological polar surface area (TPSA) is 72.5 Å². The number of hydrogen-bond donors (Lipinski definition) is 2. The number of aromatic nitrogens is 1. The van der Waals surface area contributed by atoms with Crippen molar-refractivity contribution in [3.63, 3.8) is 0 Å². The van der Waals surface area contributed by atoms with Gasteiger partial charge in [-0.3, -0.25) is 4.98 Å². The third-order valence-corrected chi connectivity index (χ3v) is 6.44. The second-order valence-electron chi connectivity index (χ2n) is 10.4. The van der Waals surface area contributed by atoms with E-state index in [2.05, 4.69) is 27.8 Å². The lowest BCUT2D eigenvalue weighted by molar-refractivity contribution is 0.190. The number of nitrogens with zero attached hydrogens (tertiary/aromatic N) is 1. The zero-order valence-electron chi connectivity index (χ0n) is 21.3. The lowest BCUT2D eigenvalue weighted by atomic mass is 9.78. The quantitative estimate of drug-likeness (QED) is 0.440. The van der Waals surface area contributed by atoms with E-state index in [0.717, 1.165) is 54.7 Å². The number of aryl methyl sites for hydroxylation is 1. The second kappa shape index (κ2) is 11.1. The minimum Gasteiger partial charge on any atom is -0.493 e. The van der Waals surface area contributed by atoms with E-state index in [9.17, 15) is 4.79 Å². The fourth-order valence-electron chi connectivity index (χ4n) is 4.82. The lowest BCUT2D eigenvalue weighted by Crippen LogP contribution is -2.42. The summed E-state index contributed by atoms with van der Waals surface area (Å²) in [4.78, 5) is 16.9. The van der Waals surface area contributed by atoms with Gasteiger partial charge < -0.3 is 20.1 Å². The first-order valence-corrected chi connectivity index (χ1v) is 12.6. The maximum atomic E-state index is 12.3. The maximum Gasteiger partial charge on any atom is 0.413 e. The summed E-state index contributed by atoms with van der Waals surface area (Å²) in [5, 5.41) is 7.37. The van der Waals surface area contributed by atoms with Gasteiger partial charge in [0.15, 0.2) is 0 Å². The van der Waals surface area contributed by atoms with Crippen LogP contribution in [0.5, 0.6) is 11.5 Å². The molecule has 3 aromatic rings. The Bertz CT molecular complexity index is 1150. The summed E-state index contributed by atoms with van der Waals surface area (Å²) in [6.07, 6.45) is 2.70. The van der Waals surface area contributed by atoms with Crippen LogP contribution < -0.4 is 20.1 Å². The van der Waals surface area contributed by atoms with E-state index >= 15 is 0 Å². The molecule has 0 aliphatic carbocycles. The molecule has 6 heteroatoms. The first-order chi connectivity index (χ1) is 16.8. The van der Waals surface area contributed by atoms with Crippen molar-refractivity contribution >= 4 is 17.0 Å². The minimum atomic E-state index is -0.434. The van der Waals surface area contributed by atoms with E-state index in [-0.39, 0.29) is 5.54 Å². The Kier molecular flexibility index (Phi) is 7.91.